The molecule has 1 heterocycles. The average molecular weight is 169 g/mol. The van der Waals surface area contributed by atoms with Crippen molar-refractivity contribution in [3.63, 3.8) is 0 Å². The van der Waals surface area contributed by atoms with Gasteiger partial charge < -0.3 is 4.57 Å². The van der Waals surface area contributed by atoms with Crippen LogP contribution in [-0.4, -0.2) is 20.0 Å². The third kappa shape index (κ3) is 1.81. The lowest BCUT2D eigenvalue weighted by molar-refractivity contribution is -0.562. The zero-order valence-electron chi connectivity index (χ0n) is 7.10. The van der Waals surface area contributed by atoms with E-state index in [1.54, 1.807) is 37.1 Å². The summed E-state index contributed by atoms with van der Waals surface area (Å²) in [6, 6.07) is 0. The van der Waals surface area contributed by atoms with Gasteiger partial charge in [0.25, 0.3) is 0 Å². The molecule has 0 aliphatic carbocycles. The minimum Gasteiger partial charge on any atom is -0.330 e. The Labute approximate surface area is 70.2 Å². The lowest BCUT2D eigenvalue weighted by Crippen LogP contribution is -2.35. The fraction of sp³-hybridized carbons (Fsp3) is 0.571. The highest BCUT2D eigenvalue weighted by atomic mass is 16.6. The van der Waals surface area contributed by atoms with Gasteiger partial charge in [-0.25, -0.2) is 4.98 Å². The van der Waals surface area contributed by atoms with E-state index in [9.17, 15) is 10.1 Å². The summed E-state index contributed by atoms with van der Waals surface area (Å²) in [5, 5.41) is 10.5. The number of aromatic nitrogens is 2. The zero-order valence-corrected chi connectivity index (χ0v) is 7.10. The molecule has 0 unspecified atom stereocenters. The van der Waals surface area contributed by atoms with Crippen molar-refractivity contribution in [2.45, 2.75) is 25.9 Å². The fourth-order valence-corrected chi connectivity index (χ4v) is 0.885. The second-order valence-electron chi connectivity index (χ2n) is 3.30. The van der Waals surface area contributed by atoms with Gasteiger partial charge in [0.1, 0.15) is 0 Å². The van der Waals surface area contributed by atoms with Crippen LogP contribution < -0.4 is 0 Å². The highest BCUT2D eigenvalue weighted by molar-refractivity contribution is 4.78. The molecule has 0 spiro atoms. The van der Waals surface area contributed by atoms with E-state index in [0.29, 0.717) is 6.54 Å². The summed E-state index contributed by atoms with van der Waals surface area (Å²) in [5.41, 5.74) is -0.930. The standard InChI is InChI=1S/C7H11N3O2/c1-7(2,10(11)12)5-9-4-3-8-6-9/h3-4,6H,5H2,1-2H3. The molecule has 0 aromatic carbocycles. The minimum absolute atomic E-state index is 0.285. The Bertz CT molecular complexity index is 266. The first-order chi connectivity index (χ1) is 5.52. The zero-order chi connectivity index (χ0) is 9.19. The van der Waals surface area contributed by atoms with Crippen LogP contribution in [0.5, 0.6) is 0 Å². The fourth-order valence-electron chi connectivity index (χ4n) is 0.885. The molecule has 0 N–H and O–H groups in total. The predicted octanol–water partition coefficient (Wildman–Crippen LogP) is 0.938. The van der Waals surface area contributed by atoms with Crippen molar-refractivity contribution in [3.8, 4) is 0 Å². The number of nitrogens with zero attached hydrogens (tertiary/aromatic N) is 3. The van der Waals surface area contributed by atoms with E-state index < -0.39 is 5.54 Å². The quantitative estimate of drug-likeness (QED) is 0.499. The smallest absolute Gasteiger partial charge is 0.234 e. The van der Waals surface area contributed by atoms with Crippen molar-refractivity contribution < 1.29 is 4.92 Å². The van der Waals surface area contributed by atoms with Crippen LogP contribution in [0, 0.1) is 10.1 Å². The van der Waals surface area contributed by atoms with Crippen LogP contribution in [0.2, 0.25) is 0 Å². The molecule has 0 bridgehead atoms. The number of rotatable bonds is 3. The van der Waals surface area contributed by atoms with Crippen LogP contribution in [0.3, 0.4) is 0 Å². The molecule has 5 nitrogen and oxygen atoms in total. The molecule has 66 valence electrons. The monoisotopic (exact) mass is 169 g/mol. The van der Waals surface area contributed by atoms with Crippen LogP contribution in [-0.2, 0) is 6.54 Å². The van der Waals surface area contributed by atoms with Gasteiger partial charge in [-0.1, -0.05) is 0 Å². The summed E-state index contributed by atoms with van der Waals surface area (Å²) in [7, 11) is 0. The SMILES string of the molecule is CC(C)(Cn1ccnc1)[N+](=O)[O-]. The molecule has 12 heavy (non-hydrogen) atoms. The van der Waals surface area contributed by atoms with Crippen molar-refractivity contribution in [2.24, 2.45) is 0 Å². The first-order valence-corrected chi connectivity index (χ1v) is 3.62. The first kappa shape index (κ1) is 8.70. The Morgan fingerprint density at radius 2 is 2.33 bits per heavy atom. The van der Waals surface area contributed by atoms with E-state index in [-0.39, 0.29) is 4.92 Å². The van der Waals surface area contributed by atoms with Crippen molar-refractivity contribution >= 4 is 0 Å². The second-order valence-corrected chi connectivity index (χ2v) is 3.30. The maximum Gasteiger partial charge on any atom is 0.234 e. The Kier molecular flexibility index (Phi) is 2.12. The normalized spacial score (nSPS) is 11.5. The molecule has 5 heteroatoms. The maximum atomic E-state index is 10.5. The van der Waals surface area contributed by atoms with Gasteiger partial charge in [-0.15, -0.1) is 0 Å². The molecule has 0 aliphatic rings. The van der Waals surface area contributed by atoms with Crippen LogP contribution >= 0.6 is 0 Å². The summed E-state index contributed by atoms with van der Waals surface area (Å²) < 4.78 is 1.70. The molecule has 0 radical (unpaired) electrons. The minimum atomic E-state index is -0.930. The number of nitro groups is 1. The van der Waals surface area contributed by atoms with Crippen LogP contribution in [0.15, 0.2) is 18.7 Å². The first-order valence-electron chi connectivity index (χ1n) is 3.62. The summed E-state index contributed by atoms with van der Waals surface area (Å²) in [6.45, 7) is 3.53. The largest absolute Gasteiger partial charge is 0.330 e. The van der Waals surface area contributed by atoms with Crippen molar-refractivity contribution in [3.05, 3.63) is 28.8 Å². The van der Waals surface area contributed by atoms with Gasteiger partial charge in [-0.05, 0) is 0 Å². The second kappa shape index (κ2) is 2.92. The van der Waals surface area contributed by atoms with Crippen molar-refractivity contribution in [1.82, 2.24) is 9.55 Å². The summed E-state index contributed by atoms with van der Waals surface area (Å²) in [5.74, 6) is 0. The summed E-state index contributed by atoms with van der Waals surface area (Å²) >= 11 is 0. The van der Waals surface area contributed by atoms with Gasteiger partial charge in [0.15, 0.2) is 0 Å². The molecule has 1 aromatic heterocycles. The van der Waals surface area contributed by atoms with E-state index in [1.807, 2.05) is 0 Å². The Morgan fingerprint density at radius 3 is 2.75 bits per heavy atom. The molecular weight excluding hydrogens is 158 g/mol. The Balaban J connectivity index is 2.69. The van der Waals surface area contributed by atoms with Gasteiger partial charge in [0, 0.05) is 31.2 Å². The molecule has 0 saturated heterocycles. The van der Waals surface area contributed by atoms with Crippen molar-refractivity contribution in [2.75, 3.05) is 0 Å². The predicted molar refractivity (Wildman–Crippen MR) is 43.3 cm³/mol. The van der Waals surface area contributed by atoms with Crippen LogP contribution in [0.4, 0.5) is 0 Å². The molecule has 0 amide bonds. The van der Waals surface area contributed by atoms with E-state index >= 15 is 0 Å². The summed E-state index contributed by atoms with van der Waals surface area (Å²) in [4.78, 5) is 14.0. The lowest BCUT2D eigenvalue weighted by Gasteiger charge is -2.15. The van der Waals surface area contributed by atoms with Crippen molar-refractivity contribution in [1.29, 1.82) is 0 Å². The molecule has 1 aromatic rings. The lowest BCUT2D eigenvalue weighted by atomic mass is 10.1. The van der Waals surface area contributed by atoms with Gasteiger partial charge in [0.2, 0.25) is 5.54 Å². The van der Waals surface area contributed by atoms with Gasteiger partial charge >= 0.3 is 0 Å². The maximum absolute atomic E-state index is 10.5. The van der Waals surface area contributed by atoms with E-state index in [2.05, 4.69) is 4.98 Å². The van der Waals surface area contributed by atoms with Gasteiger partial charge in [-0.2, -0.15) is 0 Å². The van der Waals surface area contributed by atoms with E-state index in [0.717, 1.165) is 0 Å². The molecule has 0 aliphatic heterocycles. The third-order valence-corrected chi connectivity index (χ3v) is 1.62. The summed E-state index contributed by atoms with van der Waals surface area (Å²) in [6.07, 6.45) is 4.90. The average Bonchev–Trinajstić information content (AvgIpc) is 2.38. The Hall–Kier alpha value is -1.39. The Morgan fingerprint density at radius 1 is 1.67 bits per heavy atom. The highest BCUT2D eigenvalue weighted by Crippen LogP contribution is 2.10. The number of hydrogen-bond donors (Lipinski definition) is 0. The molecule has 1 rings (SSSR count). The van der Waals surface area contributed by atoms with Crippen LogP contribution in [0.25, 0.3) is 0 Å². The molecule has 0 atom stereocenters. The van der Waals surface area contributed by atoms with E-state index in [4.69, 9.17) is 0 Å². The number of hydrogen-bond acceptors (Lipinski definition) is 3. The molecular formula is C7H11N3O2. The van der Waals surface area contributed by atoms with Crippen LogP contribution in [0.1, 0.15) is 13.8 Å². The molecule has 0 saturated carbocycles. The number of imidazole rings is 1. The van der Waals surface area contributed by atoms with Gasteiger partial charge in [-0.3, -0.25) is 10.1 Å². The highest BCUT2D eigenvalue weighted by Gasteiger charge is 2.30. The van der Waals surface area contributed by atoms with E-state index in [1.165, 1.54) is 0 Å². The topological polar surface area (TPSA) is 61.0 Å². The van der Waals surface area contributed by atoms with Gasteiger partial charge in [0.05, 0.1) is 12.9 Å². The third-order valence-electron chi connectivity index (χ3n) is 1.62. The molecule has 0 fully saturated rings.